The van der Waals surface area contributed by atoms with Gasteiger partial charge in [-0.2, -0.15) is 0 Å². The van der Waals surface area contributed by atoms with Crippen LogP contribution in [0.15, 0.2) is 18.2 Å². The number of aryl methyl sites for hydroxylation is 2. The van der Waals surface area contributed by atoms with Gasteiger partial charge < -0.3 is 10.6 Å². The summed E-state index contributed by atoms with van der Waals surface area (Å²) in [7, 11) is 0. The summed E-state index contributed by atoms with van der Waals surface area (Å²) in [6.45, 7) is 3.87. The summed E-state index contributed by atoms with van der Waals surface area (Å²) in [5.74, 6) is -0.771. The van der Waals surface area contributed by atoms with Crippen LogP contribution in [0.1, 0.15) is 16.7 Å². The average molecular weight is 182 g/mol. The predicted octanol–water partition coefficient (Wildman–Crippen LogP) is 1.11. The minimum absolute atomic E-state index is 0. The Hall–Kier alpha value is -1.35. The molecule has 0 aliphatic rings. The smallest absolute Gasteiger partial charge is 0.307 e. The molecule has 0 fully saturated rings. The normalized spacial score (nSPS) is 9.08. The van der Waals surface area contributed by atoms with Gasteiger partial charge in [-0.1, -0.05) is 18.2 Å². The molecule has 0 saturated carbocycles. The summed E-state index contributed by atoms with van der Waals surface area (Å²) < 4.78 is 0. The number of carboxylic acids is 1. The quantitative estimate of drug-likeness (QED) is 0.744. The minimum atomic E-state index is -0.771. The van der Waals surface area contributed by atoms with E-state index in [0.717, 1.165) is 16.7 Å². The molecule has 1 aromatic rings. The largest absolute Gasteiger partial charge is 0.481 e. The van der Waals surface area contributed by atoms with Crippen molar-refractivity contribution < 1.29 is 15.4 Å². The van der Waals surface area contributed by atoms with E-state index in [2.05, 4.69) is 0 Å². The first-order valence-corrected chi connectivity index (χ1v) is 3.88. The molecule has 1 rings (SSSR count). The van der Waals surface area contributed by atoms with Crippen molar-refractivity contribution >= 4 is 5.97 Å². The van der Waals surface area contributed by atoms with Crippen molar-refractivity contribution in [3.05, 3.63) is 34.9 Å². The second-order valence-corrected chi connectivity index (χ2v) is 2.94. The van der Waals surface area contributed by atoms with E-state index in [1.54, 1.807) is 0 Å². The van der Waals surface area contributed by atoms with Crippen LogP contribution in [-0.2, 0) is 11.2 Å². The van der Waals surface area contributed by atoms with E-state index < -0.39 is 5.97 Å². The lowest BCUT2D eigenvalue weighted by Crippen LogP contribution is -2.03. The molecule has 1 aromatic carbocycles. The molecule has 0 aliphatic heterocycles. The van der Waals surface area contributed by atoms with Crippen LogP contribution in [0.2, 0.25) is 0 Å². The van der Waals surface area contributed by atoms with Crippen molar-refractivity contribution in [2.45, 2.75) is 20.3 Å². The van der Waals surface area contributed by atoms with Crippen LogP contribution in [0.5, 0.6) is 0 Å². The molecule has 0 bridgehead atoms. The molecule has 0 atom stereocenters. The molecule has 0 aromatic heterocycles. The lowest BCUT2D eigenvalue weighted by atomic mass is 10.0. The minimum Gasteiger partial charge on any atom is -0.481 e. The second-order valence-electron chi connectivity index (χ2n) is 2.94. The van der Waals surface area contributed by atoms with Gasteiger partial charge in [0, 0.05) is 0 Å². The maximum absolute atomic E-state index is 10.5. The zero-order valence-electron chi connectivity index (χ0n) is 7.79. The van der Waals surface area contributed by atoms with Crippen molar-refractivity contribution in [2.24, 2.45) is 0 Å². The van der Waals surface area contributed by atoms with Crippen LogP contribution < -0.4 is 0 Å². The molecular weight excluding hydrogens is 168 g/mol. The summed E-state index contributed by atoms with van der Waals surface area (Å²) in [6, 6.07) is 5.81. The van der Waals surface area contributed by atoms with E-state index in [9.17, 15) is 4.79 Å². The summed E-state index contributed by atoms with van der Waals surface area (Å²) in [4.78, 5) is 10.5. The van der Waals surface area contributed by atoms with Crippen LogP contribution in [0.3, 0.4) is 0 Å². The highest BCUT2D eigenvalue weighted by atomic mass is 16.4. The number of hydrogen-bond donors (Lipinski definition) is 1. The highest BCUT2D eigenvalue weighted by molar-refractivity contribution is 5.71. The van der Waals surface area contributed by atoms with Gasteiger partial charge in [0.2, 0.25) is 0 Å². The number of carbonyl (C=O) groups is 1. The summed E-state index contributed by atoms with van der Waals surface area (Å²) >= 11 is 0. The molecular formula is C10H14O3. The summed E-state index contributed by atoms with van der Waals surface area (Å²) in [5, 5.41) is 8.62. The first-order valence-electron chi connectivity index (χ1n) is 3.88. The Kier molecular flexibility index (Phi) is 4.14. The van der Waals surface area contributed by atoms with E-state index in [-0.39, 0.29) is 11.9 Å². The molecule has 13 heavy (non-hydrogen) atoms. The Morgan fingerprint density at radius 2 is 1.77 bits per heavy atom. The molecule has 0 heterocycles. The van der Waals surface area contributed by atoms with Crippen molar-refractivity contribution in [2.75, 3.05) is 0 Å². The molecule has 0 aliphatic carbocycles. The van der Waals surface area contributed by atoms with Crippen LogP contribution in [0.25, 0.3) is 0 Å². The van der Waals surface area contributed by atoms with Crippen molar-refractivity contribution in [1.82, 2.24) is 0 Å². The summed E-state index contributed by atoms with van der Waals surface area (Å²) in [5.41, 5.74) is 3.04. The average Bonchev–Trinajstić information content (AvgIpc) is 1.97. The molecule has 3 heteroatoms. The fraction of sp³-hybridized carbons (Fsp3) is 0.300. The van der Waals surface area contributed by atoms with Crippen molar-refractivity contribution in [1.29, 1.82) is 0 Å². The fourth-order valence-electron chi connectivity index (χ4n) is 1.28. The van der Waals surface area contributed by atoms with Crippen molar-refractivity contribution in [3.8, 4) is 0 Å². The number of hydrogen-bond acceptors (Lipinski definition) is 1. The van der Waals surface area contributed by atoms with Gasteiger partial charge in [0.05, 0.1) is 6.42 Å². The molecule has 0 spiro atoms. The number of benzene rings is 1. The Morgan fingerprint density at radius 3 is 2.15 bits per heavy atom. The van der Waals surface area contributed by atoms with Gasteiger partial charge in [-0.3, -0.25) is 4.79 Å². The fourth-order valence-corrected chi connectivity index (χ4v) is 1.28. The third-order valence-electron chi connectivity index (χ3n) is 1.97. The van der Waals surface area contributed by atoms with E-state index in [4.69, 9.17) is 5.11 Å². The zero-order valence-corrected chi connectivity index (χ0v) is 7.79. The van der Waals surface area contributed by atoms with E-state index in [1.807, 2.05) is 32.0 Å². The Balaban J connectivity index is 0.00000144. The van der Waals surface area contributed by atoms with Crippen LogP contribution in [0, 0.1) is 13.8 Å². The Labute approximate surface area is 77.3 Å². The van der Waals surface area contributed by atoms with Crippen LogP contribution in [0.4, 0.5) is 0 Å². The summed E-state index contributed by atoms with van der Waals surface area (Å²) in [6.07, 6.45) is 0.124. The Morgan fingerprint density at radius 1 is 1.31 bits per heavy atom. The maximum Gasteiger partial charge on any atom is 0.307 e. The third kappa shape index (κ3) is 2.87. The van der Waals surface area contributed by atoms with Crippen LogP contribution in [-0.4, -0.2) is 16.6 Å². The molecule has 0 unspecified atom stereocenters. The Bertz CT molecular complexity index is 285. The van der Waals surface area contributed by atoms with Crippen molar-refractivity contribution in [3.63, 3.8) is 0 Å². The molecule has 0 radical (unpaired) electrons. The second kappa shape index (κ2) is 4.62. The molecule has 3 nitrogen and oxygen atoms in total. The lowest BCUT2D eigenvalue weighted by Gasteiger charge is -2.05. The van der Waals surface area contributed by atoms with Gasteiger partial charge in [0.15, 0.2) is 0 Å². The van der Waals surface area contributed by atoms with Gasteiger partial charge in [-0.05, 0) is 30.5 Å². The van der Waals surface area contributed by atoms with Gasteiger partial charge >= 0.3 is 5.97 Å². The monoisotopic (exact) mass is 182 g/mol. The van der Waals surface area contributed by atoms with E-state index in [0.29, 0.717) is 0 Å². The first kappa shape index (κ1) is 11.6. The van der Waals surface area contributed by atoms with Gasteiger partial charge in [-0.25, -0.2) is 0 Å². The maximum atomic E-state index is 10.5. The SMILES string of the molecule is Cc1cccc(C)c1CC(=O)O.O. The number of rotatable bonds is 2. The predicted molar refractivity (Wildman–Crippen MR) is 50.9 cm³/mol. The molecule has 72 valence electrons. The number of carboxylic acid groups (broad SMARTS) is 1. The standard InChI is InChI=1S/C10H12O2.H2O/c1-7-4-3-5-8(2)9(7)6-10(11)12;/h3-5H,6H2,1-2H3,(H,11,12);1H2. The first-order chi connectivity index (χ1) is 5.61. The van der Waals surface area contributed by atoms with E-state index in [1.165, 1.54) is 0 Å². The number of aliphatic carboxylic acids is 1. The lowest BCUT2D eigenvalue weighted by molar-refractivity contribution is -0.136. The topological polar surface area (TPSA) is 68.8 Å². The molecule has 0 saturated heterocycles. The van der Waals surface area contributed by atoms with Gasteiger partial charge in [0.1, 0.15) is 0 Å². The van der Waals surface area contributed by atoms with E-state index >= 15 is 0 Å². The highest BCUT2D eigenvalue weighted by Gasteiger charge is 2.05. The van der Waals surface area contributed by atoms with Crippen LogP contribution >= 0.6 is 0 Å². The zero-order chi connectivity index (χ0) is 9.14. The molecule has 0 amide bonds. The highest BCUT2D eigenvalue weighted by Crippen LogP contribution is 2.13. The van der Waals surface area contributed by atoms with Gasteiger partial charge in [-0.15, -0.1) is 0 Å². The molecule has 3 N–H and O–H groups in total. The van der Waals surface area contributed by atoms with Gasteiger partial charge in [0.25, 0.3) is 0 Å². The third-order valence-corrected chi connectivity index (χ3v) is 1.97.